The number of nitrogens with two attached hydrogens (primary N) is 1. The Morgan fingerprint density at radius 1 is 1.04 bits per heavy atom. The van der Waals surface area contributed by atoms with Gasteiger partial charge in [0, 0.05) is 56.1 Å². The number of sulfone groups is 1. The van der Waals surface area contributed by atoms with Crippen LogP contribution in [0.3, 0.4) is 0 Å². The molecular formula is C36H39F3N6O7S. The monoisotopic (exact) mass is 756 g/mol. The van der Waals surface area contributed by atoms with Gasteiger partial charge in [-0.25, -0.2) is 23.0 Å². The van der Waals surface area contributed by atoms with Gasteiger partial charge < -0.3 is 36.0 Å². The summed E-state index contributed by atoms with van der Waals surface area (Å²) in [4.78, 5) is 44.0. The Hall–Kier alpha value is -5.58. The highest BCUT2D eigenvalue weighted by molar-refractivity contribution is 7.92. The number of nitrogen functional groups attached to an aromatic ring is 1. The van der Waals surface area contributed by atoms with E-state index in [1.165, 1.54) is 11.0 Å². The van der Waals surface area contributed by atoms with Crippen LogP contribution in [0.15, 0.2) is 71.8 Å². The molecule has 0 spiro atoms. The van der Waals surface area contributed by atoms with Gasteiger partial charge in [0.1, 0.15) is 17.6 Å². The molecule has 0 radical (unpaired) electrons. The van der Waals surface area contributed by atoms with Crippen LogP contribution in [0.4, 0.5) is 35.2 Å². The standard InChI is InChI=1S/C34H38N6O5S.C2HF3O2/c1-20-18-40(3)34(42)38-25-7-12-30(46(43,44)26-8-9-26)23(16-25)19-39(2)33(41)31(22-5-11-29(45-4)28(20)17-22)37-24-6-10-27-21(15-24)13-14-36-32(27)35;3-2(4,5)1(6)7/h5-7,10-17,20,26,31,37H,8-9,18-19H2,1-4H3,(H2,35,36)(H,38,42);(H,6,7). The molecule has 2 atom stereocenters. The fraction of sp³-hybridized carbons (Fsp3) is 0.333. The van der Waals surface area contributed by atoms with E-state index in [-0.39, 0.29) is 29.3 Å². The first-order valence-corrected chi connectivity index (χ1v) is 18.0. The van der Waals surface area contributed by atoms with Crippen molar-refractivity contribution in [3.05, 3.63) is 83.6 Å². The van der Waals surface area contributed by atoms with Crippen molar-refractivity contribution in [2.24, 2.45) is 0 Å². The molecule has 0 saturated heterocycles. The van der Waals surface area contributed by atoms with Gasteiger partial charge in [0.2, 0.25) is 5.91 Å². The maximum absolute atomic E-state index is 14.4. The van der Waals surface area contributed by atoms with E-state index in [0.29, 0.717) is 53.5 Å². The molecule has 3 amide bonds. The lowest BCUT2D eigenvalue weighted by molar-refractivity contribution is -0.192. The second-order valence-electron chi connectivity index (χ2n) is 13.0. The van der Waals surface area contributed by atoms with Gasteiger partial charge in [0.25, 0.3) is 0 Å². The molecule has 2 aliphatic rings. The fourth-order valence-electron chi connectivity index (χ4n) is 6.04. The third-order valence-corrected chi connectivity index (χ3v) is 11.3. The fourth-order valence-corrected chi connectivity index (χ4v) is 7.91. The zero-order chi connectivity index (χ0) is 38.8. The molecule has 282 valence electrons. The van der Waals surface area contributed by atoms with Crippen LogP contribution in [-0.4, -0.2) is 85.4 Å². The largest absolute Gasteiger partial charge is 0.496 e. The first-order valence-electron chi connectivity index (χ1n) is 16.4. The lowest BCUT2D eigenvalue weighted by Gasteiger charge is -2.28. The summed E-state index contributed by atoms with van der Waals surface area (Å²) in [7, 11) is 1.36. The number of methoxy groups -OCH3 is 1. The SMILES string of the molecule is COc1ccc2cc1C(C)CN(C)C(=O)Nc1ccc(S(=O)(=O)C3CC3)c(c1)CN(C)C(=O)C2Nc1ccc2c(N)nccc2c1.O=C(O)C(F)(F)F. The number of nitrogens with one attached hydrogen (secondary N) is 2. The summed E-state index contributed by atoms with van der Waals surface area (Å²) in [5, 5.41) is 14.7. The van der Waals surface area contributed by atoms with Gasteiger partial charge in [0.05, 0.1) is 17.3 Å². The van der Waals surface area contributed by atoms with Gasteiger partial charge in [-0.15, -0.1) is 0 Å². The predicted octanol–water partition coefficient (Wildman–Crippen LogP) is 5.79. The van der Waals surface area contributed by atoms with E-state index in [2.05, 4.69) is 15.6 Å². The van der Waals surface area contributed by atoms with E-state index in [0.717, 1.165) is 16.3 Å². The number of hydrogen-bond donors (Lipinski definition) is 4. The Labute approximate surface area is 303 Å². The van der Waals surface area contributed by atoms with Crippen molar-refractivity contribution in [1.82, 2.24) is 14.8 Å². The number of fused-ring (bicyclic) bond motifs is 5. The molecule has 4 bridgehead atoms. The van der Waals surface area contributed by atoms with E-state index >= 15 is 0 Å². The van der Waals surface area contributed by atoms with Crippen molar-refractivity contribution in [1.29, 1.82) is 0 Å². The Morgan fingerprint density at radius 2 is 1.74 bits per heavy atom. The molecular weight excluding hydrogens is 717 g/mol. The quantitative estimate of drug-likeness (QED) is 0.195. The van der Waals surface area contributed by atoms with Crippen molar-refractivity contribution in [2.75, 3.05) is 44.1 Å². The second kappa shape index (κ2) is 15.2. The lowest BCUT2D eigenvalue weighted by atomic mass is 9.94. The van der Waals surface area contributed by atoms with Crippen molar-refractivity contribution in [2.45, 2.75) is 54.6 Å². The average Bonchev–Trinajstić information content (AvgIpc) is 3.96. The summed E-state index contributed by atoms with van der Waals surface area (Å²) in [6.45, 7) is 2.37. The maximum atomic E-state index is 14.4. The number of anilines is 3. The maximum Gasteiger partial charge on any atom is 0.490 e. The van der Waals surface area contributed by atoms with E-state index in [1.807, 2.05) is 49.4 Å². The van der Waals surface area contributed by atoms with E-state index in [1.54, 1.807) is 44.4 Å². The second-order valence-corrected chi connectivity index (χ2v) is 15.2. The number of alkyl halides is 3. The number of benzene rings is 3. The number of carbonyl (C=O) groups excluding carboxylic acids is 2. The number of nitrogens with zero attached hydrogens (tertiary/aromatic N) is 3. The average molecular weight is 757 g/mol. The van der Waals surface area contributed by atoms with Crippen LogP contribution in [0.25, 0.3) is 10.8 Å². The number of halogens is 3. The van der Waals surface area contributed by atoms with Crippen LogP contribution in [-0.2, 0) is 26.0 Å². The number of carbonyl (C=O) groups is 3. The number of likely N-dealkylation sites (N-methyl/N-ethyl adjacent to an activating group) is 2. The Balaban J connectivity index is 0.000000705. The molecule has 1 aromatic heterocycles. The van der Waals surface area contributed by atoms with Gasteiger partial charge in [-0.05, 0) is 89.5 Å². The number of hydrogen-bond acceptors (Lipinski definition) is 9. The van der Waals surface area contributed by atoms with Crippen LogP contribution >= 0.6 is 0 Å². The van der Waals surface area contributed by atoms with Crippen molar-refractivity contribution in [3.63, 3.8) is 0 Å². The van der Waals surface area contributed by atoms with Gasteiger partial charge in [-0.1, -0.05) is 13.0 Å². The summed E-state index contributed by atoms with van der Waals surface area (Å²) in [5.74, 6) is -2.12. The predicted molar refractivity (Wildman–Crippen MR) is 192 cm³/mol. The summed E-state index contributed by atoms with van der Waals surface area (Å²) in [6.07, 6.45) is -2.23. The van der Waals surface area contributed by atoms with Gasteiger partial charge in [-0.3, -0.25) is 4.79 Å². The first kappa shape index (κ1) is 38.6. The highest BCUT2D eigenvalue weighted by Gasteiger charge is 2.39. The summed E-state index contributed by atoms with van der Waals surface area (Å²) < 4.78 is 64.3. The zero-order valence-electron chi connectivity index (χ0n) is 29.3. The number of carboxylic acid groups (broad SMARTS) is 1. The Morgan fingerprint density at radius 3 is 2.38 bits per heavy atom. The molecule has 5 N–H and O–H groups in total. The number of carboxylic acids is 1. The minimum Gasteiger partial charge on any atom is -0.496 e. The molecule has 53 heavy (non-hydrogen) atoms. The van der Waals surface area contributed by atoms with Crippen LogP contribution in [0.2, 0.25) is 0 Å². The summed E-state index contributed by atoms with van der Waals surface area (Å²) in [5.41, 5.74) is 9.19. The van der Waals surface area contributed by atoms with Crippen LogP contribution in [0.5, 0.6) is 5.75 Å². The van der Waals surface area contributed by atoms with E-state index in [9.17, 15) is 31.2 Å². The molecule has 17 heteroatoms. The Bertz CT molecular complexity index is 2160. The number of aromatic nitrogens is 1. The number of aliphatic carboxylic acids is 1. The van der Waals surface area contributed by atoms with Crippen LogP contribution in [0.1, 0.15) is 48.4 Å². The molecule has 2 heterocycles. The zero-order valence-corrected chi connectivity index (χ0v) is 30.1. The number of ether oxygens (including phenoxy) is 1. The molecule has 4 aromatic rings. The molecule has 2 unspecified atom stereocenters. The first-order chi connectivity index (χ1) is 24.9. The molecule has 1 saturated carbocycles. The minimum atomic E-state index is -5.08. The van der Waals surface area contributed by atoms with Crippen molar-refractivity contribution in [3.8, 4) is 5.75 Å². The van der Waals surface area contributed by atoms with Gasteiger partial charge >= 0.3 is 18.2 Å². The van der Waals surface area contributed by atoms with Crippen LogP contribution in [0, 0.1) is 0 Å². The number of amides is 3. The third kappa shape index (κ3) is 8.73. The van der Waals surface area contributed by atoms with Gasteiger partial charge in [0.15, 0.2) is 9.84 Å². The molecule has 13 nitrogen and oxygen atoms in total. The van der Waals surface area contributed by atoms with Crippen molar-refractivity contribution >= 4 is 55.7 Å². The summed E-state index contributed by atoms with van der Waals surface area (Å²) >= 11 is 0. The molecule has 6 rings (SSSR count). The minimum absolute atomic E-state index is 0.0111. The number of pyridine rings is 1. The number of urea groups is 1. The third-order valence-electron chi connectivity index (χ3n) is 8.97. The number of rotatable bonds is 5. The molecule has 1 aliphatic carbocycles. The van der Waals surface area contributed by atoms with E-state index < -0.39 is 33.3 Å². The lowest BCUT2D eigenvalue weighted by Crippen LogP contribution is -2.35. The van der Waals surface area contributed by atoms with Crippen molar-refractivity contribution < 1.29 is 45.8 Å². The highest BCUT2D eigenvalue weighted by Crippen LogP contribution is 2.37. The topological polar surface area (TPSA) is 184 Å². The van der Waals surface area contributed by atoms with E-state index in [4.69, 9.17) is 20.4 Å². The summed E-state index contributed by atoms with van der Waals surface area (Å²) in [6, 6.07) is 16.7. The molecule has 3 aromatic carbocycles. The smallest absolute Gasteiger partial charge is 0.490 e. The molecule has 1 fully saturated rings. The molecule has 1 aliphatic heterocycles. The van der Waals surface area contributed by atoms with Crippen LogP contribution < -0.4 is 21.1 Å². The van der Waals surface area contributed by atoms with Gasteiger partial charge in [-0.2, -0.15) is 13.2 Å². The highest BCUT2D eigenvalue weighted by atomic mass is 32.2. The Kier molecular flexibility index (Phi) is 11.1. The normalized spacial score (nSPS) is 18.2.